The molecule has 5 nitrogen and oxygen atoms in total. The van der Waals surface area contributed by atoms with E-state index < -0.39 is 0 Å². The number of carbonyl (C=O) groups is 2. The maximum Gasteiger partial charge on any atom is 0.322 e. The quantitative estimate of drug-likeness (QED) is 0.906. The molecule has 3 amide bonds. The first-order chi connectivity index (χ1) is 12.1. The highest BCUT2D eigenvalue weighted by Crippen LogP contribution is 2.28. The van der Waals surface area contributed by atoms with Gasteiger partial charge < -0.3 is 15.1 Å². The number of nitrogens with zero attached hydrogens (tertiary/aromatic N) is 2. The van der Waals surface area contributed by atoms with Crippen LogP contribution in [-0.4, -0.2) is 46.9 Å². The molecule has 1 aliphatic heterocycles. The smallest absolute Gasteiger partial charge is 0.322 e. The van der Waals surface area contributed by atoms with Crippen molar-refractivity contribution in [3.8, 4) is 0 Å². The van der Waals surface area contributed by atoms with Gasteiger partial charge in [-0.1, -0.05) is 37.5 Å². The predicted octanol–water partition coefficient (Wildman–Crippen LogP) is 3.86. The minimum absolute atomic E-state index is 0.0133. The van der Waals surface area contributed by atoms with Crippen molar-refractivity contribution in [2.24, 2.45) is 0 Å². The zero-order valence-corrected chi connectivity index (χ0v) is 15.1. The second-order valence-electron chi connectivity index (χ2n) is 7.23. The summed E-state index contributed by atoms with van der Waals surface area (Å²) in [6, 6.07) is 10.2. The average molecular weight is 343 g/mol. The lowest BCUT2D eigenvalue weighted by atomic mass is 9.91. The number of urea groups is 1. The van der Waals surface area contributed by atoms with Gasteiger partial charge in [0.2, 0.25) is 5.91 Å². The van der Waals surface area contributed by atoms with Gasteiger partial charge in [0, 0.05) is 37.8 Å². The van der Waals surface area contributed by atoms with Crippen molar-refractivity contribution in [2.45, 2.75) is 64.0 Å². The van der Waals surface area contributed by atoms with Crippen LogP contribution in [0.3, 0.4) is 0 Å². The predicted molar refractivity (Wildman–Crippen MR) is 99.4 cm³/mol. The van der Waals surface area contributed by atoms with Crippen molar-refractivity contribution in [3.63, 3.8) is 0 Å². The summed E-state index contributed by atoms with van der Waals surface area (Å²) < 4.78 is 0. The third-order valence-corrected chi connectivity index (χ3v) is 5.53. The van der Waals surface area contributed by atoms with Crippen molar-refractivity contribution >= 4 is 17.6 Å². The summed E-state index contributed by atoms with van der Waals surface area (Å²) in [5.41, 5.74) is 0.842. The average Bonchev–Trinajstić information content (AvgIpc) is 2.64. The van der Waals surface area contributed by atoms with Gasteiger partial charge in [-0.15, -0.1) is 0 Å². The van der Waals surface area contributed by atoms with Gasteiger partial charge >= 0.3 is 6.03 Å². The Labute approximate surface area is 150 Å². The van der Waals surface area contributed by atoms with Gasteiger partial charge in [0.15, 0.2) is 0 Å². The van der Waals surface area contributed by atoms with Gasteiger partial charge in [-0.3, -0.25) is 4.79 Å². The van der Waals surface area contributed by atoms with E-state index in [1.165, 1.54) is 19.3 Å². The molecule has 5 heteroatoms. The summed E-state index contributed by atoms with van der Waals surface area (Å²) in [4.78, 5) is 28.6. The fourth-order valence-electron chi connectivity index (χ4n) is 4.16. The van der Waals surface area contributed by atoms with E-state index in [9.17, 15) is 9.59 Å². The van der Waals surface area contributed by atoms with Crippen molar-refractivity contribution in [1.29, 1.82) is 0 Å². The fourth-order valence-corrected chi connectivity index (χ4v) is 4.16. The number of benzene rings is 1. The molecule has 1 aliphatic carbocycles. The first kappa shape index (κ1) is 17.8. The van der Waals surface area contributed by atoms with Crippen LogP contribution in [0.2, 0.25) is 0 Å². The second kappa shape index (κ2) is 8.37. The van der Waals surface area contributed by atoms with E-state index in [2.05, 4.69) is 10.2 Å². The highest BCUT2D eigenvalue weighted by atomic mass is 16.2. The SMILES string of the molecule is CC(=O)N1CCC(N(C(=O)Nc2ccccc2)C2CCCCC2)CC1. The standard InChI is InChI=1S/C20H29N3O2/c1-16(24)22-14-12-19(13-15-22)23(18-10-6-3-7-11-18)20(25)21-17-8-4-2-5-9-17/h2,4-5,8-9,18-19H,3,6-7,10-15H2,1H3,(H,21,25). The number of carbonyl (C=O) groups excluding carboxylic acids is 2. The largest absolute Gasteiger partial charge is 0.343 e. The lowest BCUT2D eigenvalue weighted by Gasteiger charge is -2.43. The van der Waals surface area contributed by atoms with E-state index in [0.717, 1.165) is 44.5 Å². The molecule has 0 atom stereocenters. The zero-order chi connectivity index (χ0) is 17.6. The van der Waals surface area contributed by atoms with Crippen LogP contribution in [0.1, 0.15) is 51.9 Å². The Morgan fingerprint density at radius 2 is 1.56 bits per heavy atom. The van der Waals surface area contributed by atoms with Gasteiger partial charge in [-0.25, -0.2) is 4.79 Å². The summed E-state index contributed by atoms with van der Waals surface area (Å²) in [6.07, 6.45) is 7.60. The normalized spacial score (nSPS) is 19.5. The fraction of sp³-hybridized carbons (Fsp3) is 0.600. The number of amides is 3. The summed E-state index contributed by atoms with van der Waals surface area (Å²) in [5, 5.41) is 3.08. The summed E-state index contributed by atoms with van der Waals surface area (Å²) in [6.45, 7) is 3.13. The van der Waals surface area contributed by atoms with E-state index in [0.29, 0.717) is 6.04 Å². The Morgan fingerprint density at radius 1 is 0.960 bits per heavy atom. The molecule has 1 heterocycles. The Morgan fingerprint density at radius 3 is 2.16 bits per heavy atom. The Balaban J connectivity index is 1.71. The molecule has 25 heavy (non-hydrogen) atoms. The van der Waals surface area contributed by atoms with Gasteiger partial charge in [0.05, 0.1) is 0 Å². The molecule has 2 fully saturated rings. The Hall–Kier alpha value is -2.04. The van der Waals surface area contributed by atoms with E-state index >= 15 is 0 Å². The van der Waals surface area contributed by atoms with Crippen molar-refractivity contribution in [1.82, 2.24) is 9.80 Å². The second-order valence-corrected chi connectivity index (χ2v) is 7.23. The molecule has 0 unspecified atom stereocenters. The van der Waals surface area contributed by atoms with E-state index in [1.54, 1.807) is 6.92 Å². The molecule has 1 saturated heterocycles. The summed E-state index contributed by atoms with van der Waals surface area (Å²) >= 11 is 0. The molecule has 3 rings (SSSR count). The molecule has 1 aromatic carbocycles. The van der Waals surface area contributed by atoms with Gasteiger partial charge in [-0.05, 0) is 37.8 Å². The number of anilines is 1. The number of hydrogen-bond acceptors (Lipinski definition) is 2. The Kier molecular flexibility index (Phi) is 5.95. The zero-order valence-electron chi connectivity index (χ0n) is 15.1. The summed E-state index contributed by atoms with van der Waals surface area (Å²) in [7, 11) is 0. The van der Waals surface area contributed by atoms with Crippen LogP contribution in [-0.2, 0) is 4.79 Å². The molecular weight excluding hydrogens is 314 g/mol. The van der Waals surface area contributed by atoms with E-state index in [-0.39, 0.29) is 18.0 Å². The van der Waals surface area contributed by atoms with Crippen molar-refractivity contribution in [3.05, 3.63) is 30.3 Å². The van der Waals surface area contributed by atoms with Gasteiger partial charge in [0.25, 0.3) is 0 Å². The number of hydrogen-bond donors (Lipinski definition) is 1. The molecule has 1 N–H and O–H groups in total. The highest BCUT2D eigenvalue weighted by Gasteiger charge is 2.34. The molecule has 1 aromatic rings. The van der Waals surface area contributed by atoms with Crippen LogP contribution >= 0.6 is 0 Å². The minimum atomic E-state index is 0.0133. The maximum atomic E-state index is 13.1. The number of piperidine rings is 1. The maximum absolute atomic E-state index is 13.1. The first-order valence-electron chi connectivity index (χ1n) is 9.55. The molecule has 0 spiro atoms. The number of para-hydroxylation sites is 1. The molecule has 136 valence electrons. The molecule has 0 bridgehead atoms. The molecule has 0 aromatic heterocycles. The Bertz CT molecular complexity index is 576. The minimum Gasteiger partial charge on any atom is -0.343 e. The third kappa shape index (κ3) is 4.53. The van der Waals surface area contributed by atoms with Crippen LogP contribution in [0.4, 0.5) is 10.5 Å². The third-order valence-electron chi connectivity index (χ3n) is 5.53. The summed E-state index contributed by atoms with van der Waals surface area (Å²) in [5.74, 6) is 0.136. The number of likely N-dealkylation sites (tertiary alicyclic amines) is 1. The van der Waals surface area contributed by atoms with Crippen molar-refractivity contribution in [2.75, 3.05) is 18.4 Å². The molecule has 1 saturated carbocycles. The first-order valence-corrected chi connectivity index (χ1v) is 9.55. The number of rotatable bonds is 3. The van der Waals surface area contributed by atoms with Gasteiger partial charge in [0.1, 0.15) is 0 Å². The van der Waals surface area contributed by atoms with Crippen LogP contribution in [0.15, 0.2) is 30.3 Å². The van der Waals surface area contributed by atoms with Crippen LogP contribution in [0.25, 0.3) is 0 Å². The highest BCUT2D eigenvalue weighted by molar-refractivity contribution is 5.89. The topological polar surface area (TPSA) is 52.7 Å². The molecule has 0 radical (unpaired) electrons. The molecule has 2 aliphatic rings. The lowest BCUT2D eigenvalue weighted by molar-refractivity contribution is -0.130. The molecular formula is C20H29N3O2. The van der Waals surface area contributed by atoms with Crippen molar-refractivity contribution < 1.29 is 9.59 Å². The monoisotopic (exact) mass is 343 g/mol. The van der Waals surface area contributed by atoms with Crippen LogP contribution in [0.5, 0.6) is 0 Å². The number of nitrogens with one attached hydrogen (secondary N) is 1. The van der Waals surface area contributed by atoms with Gasteiger partial charge in [-0.2, -0.15) is 0 Å². The van der Waals surface area contributed by atoms with E-state index in [1.807, 2.05) is 35.2 Å². The van der Waals surface area contributed by atoms with E-state index in [4.69, 9.17) is 0 Å². The van der Waals surface area contributed by atoms with Crippen LogP contribution < -0.4 is 5.32 Å². The lowest BCUT2D eigenvalue weighted by Crippen LogP contribution is -2.54. The van der Waals surface area contributed by atoms with Crippen LogP contribution in [0, 0.1) is 0 Å².